The molecule has 1 aromatic heterocycles. The highest BCUT2D eigenvalue weighted by Crippen LogP contribution is 2.36. The number of halogens is 7. The van der Waals surface area contributed by atoms with Gasteiger partial charge in [-0.05, 0) is 31.5 Å². The lowest BCUT2D eigenvalue weighted by atomic mass is 9.84. The number of carboxylic acid groups (broad SMARTS) is 2. The SMILES string of the molecule is Cc1cccc(COC2CCOC3(C2)CN(Cc2ccccc2F)C3)n1.O=C(O)C(F)(F)F.O=C(O)C(F)(F)F. The van der Waals surface area contributed by atoms with Crippen LogP contribution in [0.2, 0.25) is 0 Å². The first-order valence-corrected chi connectivity index (χ1v) is 11.7. The Balaban J connectivity index is 0.000000333. The third-order valence-corrected chi connectivity index (χ3v) is 5.72. The standard InChI is InChI=1S/C21H25FN2O2.2C2HF3O2/c1-16-5-4-7-18(23-16)13-25-19-9-10-26-21(11-19)14-24(15-21)12-17-6-2-3-8-20(17)22;2*3-2(4,5)1(6)7/h2-8,19H,9-15H2,1H3;2*(H,6,7). The molecule has 15 heteroatoms. The van der Waals surface area contributed by atoms with Crippen molar-refractivity contribution in [2.24, 2.45) is 0 Å². The molecule has 0 saturated carbocycles. The predicted molar refractivity (Wildman–Crippen MR) is 125 cm³/mol. The molecule has 2 aliphatic heterocycles. The van der Waals surface area contributed by atoms with Crippen molar-refractivity contribution in [1.82, 2.24) is 9.88 Å². The molecule has 1 spiro atoms. The molecule has 8 nitrogen and oxygen atoms in total. The fourth-order valence-corrected chi connectivity index (χ4v) is 3.98. The van der Waals surface area contributed by atoms with Crippen molar-refractivity contribution in [1.29, 1.82) is 0 Å². The summed E-state index contributed by atoms with van der Waals surface area (Å²) in [5.74, 6) is -5.65. The molecule has 3 heterocycles. The first-order valence-electron chi connectivity index (χ1n) is 11.7. The smallest absolute Gasteiger partial charge is 0.475 e. The molecule has 2 aliphatic rings. The number of benzene rings is 1. The van der Waals surface area contributed by atoms with Crippen LogP contribution >= 0.6 is 0 Å². The van der Waals surface area contributed by atoms with E-state index in [2.05, 4.69) is 9.88 Å². The summed E-state index contributed by atoms with van der Waals surface area (Å²) in [6, 6.07) is 13.0. The molecule has 0 bridgehead atoms. The molecule has 222 valence electrons. The second-order valence-electron chi connectivity index (χ2n) is 9.07. The van der Waals surface area contributed by atoms with Crippen LogP contribution in [0.15, 0.2) is 42.5 Å². The van der Waals surface area contributed by atoms with Crippen LogP contribution < -0.4 is 0 Å². The van der Waals surface area contributed by atoms with Crippen molar-refractivity contribution in [2.75, 3.05) is 19.7 Å². The normalized spacial score (nSPS) is 18.4. The van der Waals surface area contributed by atoms with Crippen molar-refractivity contribution in [3.8, 4) is 0 Å². The fraction of sp³-hybridized carbons (Fsp3) is 0.480. The molecule has 0 aliphatic carbocycles. The minimum atomic E-state index is -5.08. The van der Waals surface area contributed by atoms with Crippen molar-refractivity contribution < 1.29 is 60.0 Å². The number of carboxylic acids is 2. The Morgan fingerprint density at radius 1 is 1.02 bits per heavy atom. The number of ether oxygens (including phenoxy) is 2. The van der Waals surface area contributed by atoms with Gasteiger partial charge in [0.2, 0.25) is 0 Å². The summed E-state index contributed by atoms with van der Waals surface area (Å²) >= 11 is 0. The number of hydrogen-bond acceptors (Lipinski definition) is 6. The van der Waals surface area contributed by atoms with Gasteiger partial charge in [0.05, 0.1) is 24.0 Å². The number of likely N-dealkylation sites (tertiary alicyclic amines) is 1. The minimum absolute atomic E-state index is 0.131. The molecule has 1 unspecified atom stereocenters. The second kappa shape index (κ2) is 13.9. The van der Waals surface area contributed by atoms with Gasteiger partial charge in [-0.3, -0.25) is 9.88 Å². The first-order chi connectivity index (χ1) is 18.5. The number of aromatic nitrogens is 1. The van der Waals surface area contributed by atoms with E-state index >= 15 is 0 Å². The number of aryl methyl sites for hydroxylation is 1. The topological polar surface area (TPSA) is 109 Å². The molecule has 1 aromatic carbocycles. The number of nitrogens with zero attached hydrogens (tertiary/aromatic N) is 2. The van der Waals surface area contributed by atoms with Gasteiger partial charge in [-0.2, -0.15) is 26.3 Å². The molecule has 40 heavy (non-hydrogen) atoms. The number of pyridine rings is 1. The van der Waals surface area contributed by atoms with Crippen molar-refractivity contribution >= 4 is 11.9 Å². The van der Waals surface area contributed by atoms with Crippen molar-refractivity contribution in [3.63, 3.8) is 0 Å². The maximum Gasteiger partial charge on any atom is 0.490 e. The van der Waals surface area contributed by atoms with Crippen LogP contribution in [0.5, 0.6) is 0 Å². The summed E-state index contributed by atoms with van der Waals surface area (Å²) in [5, 5.41) is 14.2. The van der Waals surface area contributed by atoms with E-state index in [0.717, 1.165) is 49.5 Å². The van der Waals surface area contributed by atoms with E-state index in [0.29, 0.717) is 13.2 Å². The van der Waals surface area contributed by atoms with Crippen LogP contribution in [-0.4, -0.2) is 75.8 Å². The van der Waals surface area contributed by atoms with Gasteiger partial charge in [0, 0.05) is 43.9 Å². The van der Waals surface area contributed by atoms with Gasteiger partial charge in [-0.25, -0.2) is 14.0 Å². The quantitative estimate of drug-likeness (QED) is 0.485. The summed E-state index contributed by atoms with van der Waals surface area (Å²) in [4.78, 5) is 24.5. The molecule has 2 saturated heterocycles. The van der Waals surface area contributed by atoms with E-state index in [-0.39, 0.29) is 17.5 Å². The lowest BCUT2D eigenvalue weighted by Gasteiger charge is -2.53. The maximum absolute atomic E-state index is 13.8. The van der Waals surface area contributed by atoms with Crippen molar-refractivity contribution in [3.05, 3.63) is 65.2 Å². The highest BCUT2D eigenvalue weighted by atomic mass is 19.4. The molecule has 2 aromatic rings. The Morgan fingerprint density at radius 3 is 2.12 bits per heavy atom. The average Bonchev–Trinajstić information content (AvgIpc) is 2.83. The zero-order chi connectivity index (χ0) is 30.1. The zero-order valence-corrected chi connectivity index (χ0v) is 21.1. The van der Waals surface area contributed by atoms with Crippen LogP contribution in [0.25, 0.3) is 0 Å². The third kappa shape index (κ3) is 10.7. The van der Waals surface area contributed by atoms with Gasteiger partial charge in [0.15, 0.2) is 0 Å². The van der Waals surface area contributed by atoms with Crippen LogP contribution in [-0.2, 0) is 32.2 Å². The summed E-state index contributed by atoms with van der Waals surface area (Å²) < 4.78 is 89.5. The summed E-state index contributed by atoms with van der Waals surface area (Å²) in [7, 11) is 0. The molecule has 0 radical (unpaired) electrons. The van der Waals surface area contributed by atoms with Gasteiger partial charge in [0.1, 0.15) is 5.82 Å². The molecular weight excluding hydrogens is 557 g/mol. The van der Waals surface area contributed by atoms with E-state index < -0.39 is 24.3 Å². The second-order valence-corrected chi connectivity index (χ2v) is 9.07. The largest absolute Gasteiger partial charge is 0.490 e. The van der Waals surface area contributed by atoms with E-state index in [4.69, 9.17) is 29.3 Å². The van der Waals surface area contributed by atoms with E-state index in [1.54, 1.807) is 6.07 Å². The molecule has 0 amide bonds. The Labute approximate surface area is 224 Å². The summed E-state index contributed by atoms with van der Waals surface area (Å²) in [6.45, 7) is 5.57. The Hall–Kier alpha value is -3.30. The summed E-state index contributed by atoms with van der Waals surface area (Å²) in [6.07, 6.45) is -8.16. The predicted octanol–water partition coefficient (Wildman–Crippen LogP) is 4.75. The number of rotatable bonds is 5. The Kier molecular flexibility index (Phi) is 11.4. The van der Waals surface area contributed by atoms with Crippen LogP contribution in [0, 0.1) is 12.7 Å². The van der Waals surface area contributed by atoms with Gasteiger partial charge < -0.3 is 19.7 Å². The zero-order valence-electron chi connectivity index (χ0n) is 21.1. The molecular formula is C25H27F7N2O6. The first kappa shape index (κ1) is 32.9. The van der Waals surface area contributed by atoms with Gasteiger partial charge in [0.25, 0.3) is 0 Å². The average molecular weight is 584 g/mol. The van der Waals surface area contributed by atoms with Crippen molar-refractivity contribution in [2.45, 2.75) is 57.0 Å². The molecule has 2 N–H and O–H groups in total. The highest BCUT2D eigenvalue weighted by molar-refractivity contribution is 5.73. The Bertz CT molecular complexity index is 1110. The number of alkyl halides is 6. The lowest BCUT2D eigenvalue weighted by Crippen LogP contribution is -2.65. The minimum Gasteiger partial charge on any atom is -0.475 e. The van der Waals surface area contributed by atoms with Crippen LogP contribution in [0.1, 0.15) is 29.8 Å². The number of aliphatic carboxylic acids is 2. The molecule has 1 atom stereocenters. The number of hydrogen-bond donors (Lipinski definition) is 2. The Morgan fingerprint density at radius 2 is 1.60 bits per heavy atom. The maximum atomic E-state index is 13.8. The lowest BCUT2D eigenvalue weighted by molar-refractivity contribution is -0.200. The van der Waals surface area contributed by atoms with E-state index in [1.807, 2.05) is 37.3 Å². The molecule has 4 rings (SSSR count). The van der Waals surface area contributed by atoms with Gasteiger partial charge in [-0.1, -0.05) is 24.3 Å². The third-order valence-electron chi connectivity index (χ3n) is 5.72. The highest BCUT2D eigenvalue weighted by Gasteiger charge is 2.47. The van der Waals surface area contributed by atoms with E-state index in [9.17, 15) is 30.7 Å². The number of carbonyl (C=O) groups is 2. The van der Waals surface area contributed by atoms with Gasteiger partial charge in [-0.15, -0.1) is 0 Å². The van der Waals surface area contributed by atoms with Crippen LogP contribution in [0.3, 0.4) is 0 Å². The van der Waals surface area contributed by atoms with E-state index in [1.165, 1.54) is 6.07 Å². The van der Waals surface area contributed by atoms with Crippen LogP contribution in [0.4, 0.5) is 30.7 Å². The molecule has 2 fully saturated rings. The fourth-order valence-electron chi connectivity index (χ4n) is 3.98. The summed E-state index contributed by atoms with van der Waals surface area (Å²) in [5.41, 5.74) is 2.60. The van der Waals surface area contributed by atoms with Gasteiger partial charge >= 0.3 is 24.3 Å². The monoisotopic (exact) mass is 584 g/mol.